The van der Waals surface area contributed by atoms with Crippen molar-refractivity contribution in [1.29, 1.82) is 0 Å². The van der Waals surface area contributed by atoms with Gasteiger partial charge in [0.15, 0.2) is 5.43 Å². The normalized spacial score (nSPS) is 17.3. The fourth-order valence-corrected chi connectivity index (χ4v) is 3.71. The number of hydrogen-bond acceptors (Lipinski definition) is 4. The Hall–Kier alpha value is -1.91. The first-order valence-corrected chi connectivity index (χ1v) is 7.75. The van der Waals surface area contributed by atoms with Gasteiger partial charge in [0.25, 0.3) is 0 Å². The van der Waals surface area contributed by atoms with Gasteiger partial charge in [0.05, 0.1) is 11.3 Å². The summed E-state index contributed by atoms with van der Waals surface area (Å²) >= 11 is 1.61. The lowest BCUT2D eigenvalue weighted by molar-refractivity contribution is 0.265. The van der Waals surface area contributed by atoms with Crippen LogP contribution in [0.2, 0.25) is 0 Å². The molecule has 0 spiro atoms. The molecule has 4 rings (SSSR count). The van der Waals surface area contributed by atoms with Crippen molar-refractivity contribution in [2.45, 2.75) is 13.0 Å². The molecule has 1 fully saturated rings. The Balaban J connectivity index is 1.98. The first-order chi connectivity index (χ1) is 10.2. The number of epoxide rings is 1. The van der Waals surface area contributed by atoms with Crippen LogP contribution in [0.1, 0.15) is 5.56 Å². The lowest BCUT2D eigenvalue weighted by Gasteiger charge is -2.10. The first-order valence-electron chi connectivity index (χ1n) is 6.93. The van der Waals surface area contributed by atoms with E-state index in [9.17, 15) is 4.79 Å². The summed E-state index contributed by atoms with van der Waals surface area (Å²) in [5.41, 5.74) is 1.08. The summed E-state index contributed by atoms with van der Waals surface area (Å²) in [6.07, 6.45) is 0.207. The van der Waals surface area contributed by atoms with Gasteiger partial charge >= 0.3 is 0 Å². The molecule has 0 radical (unpaired) electrons. The molecule has 3 nitrogen and oxygen atoms in total. The van der Waals surface area contributed by atoms with Gasteiger partial charge in [-0.15, -0.1) is 11.3 Å². The summed E-state index contributed by atoms with van der Waals surface area (Å²) < 4.78 is 12.9. The van der Waals surface area contributed by atoms with E-state index in [2.05, 4.69) is 0 Å². The maximum absolute atomic E-state index is 12.7. The van der Waals surface area contributed by atoms with E-state index in [1.807, 2.05) is 43.3 Å². The second kappa shape index (κ2) is 4.83. The van der Waals surface area contributed by atoms with Crippen molar-refractivity contribution in [3.63, 3.8) is 0 Å². The van der Waals surface area contributed by atoms with Gasteiger partial charge in [0.2, 0.25) is 0 Å². The number of rotatable bonds is 3. The Bertz CT molecular complexity index is 894. The minimum absolute atomic E-state index is 0.0879. The van der Waals surface area contributed by atoms with E-state index in [4.69, 9.17) is 9.47 Å². The van der Waals surface area contributed by atoms with Gasteiger partial charge in [-0.2, -0.15) is 0 Å². The maximum Gasteiger partial charge on any atom is 0.196 e. The van der Waals surface area contributed by atoms with Crippen molar-refractivity contribution in [3.05, 3.63) is 52.2 Å². The monoisotopic (exact) mass is 298 g/mol. The van der Waals surface area contributed by atoms with Crippen LogP contribution in [-0.2, 0) is 4.74 Å². The molecule has 2 aromatic carbocycles. The summed E-state index contributed by atoms with van der Waals surface area (Å²) in [7, 11) is 0. The minimum Gasteiger partial charge on any atom is -0.489 e. The Kier molecular flexibility index (Phi) is 2.94. The van der Waals surface area contributed by atoms with Crippen LogP contribution in [0, 0.1) is 6.92 Å². The summed E-state index contributed by atoms with van der Waals surface area (Å²) in [5, 5.41) is 1.55. The molecule has 4 heteroatoms. The van der Waals surface area contributed by atoms with Crippen LogP contribution in [-0.4, -0.2) is 19.3 Å². The number of benzene rings is 2. The van der Waals surface area contributed by atoms with Gasteiger partial charge in [-0.1, -0.05) is 18.2 Å². The van der Waals surface area contributed by atoms with Gasteiger partial charge in [0.1, 0.15) is 18.5 Å². The second-order valence-corrected chi connectivity index (χ2v) is 6.33. The second-order valence-electron chi connectivity index (χ2n) is 5.28. The molecule has 3 aromatic rings. The van der Waals surface area contributed by atoms with Crippen molar-refractivity contribution in [3.8, 4) is 5.75 Å². The average molecular weight is 298 g/mol. The standard InChI is InChI=1S/C17H14O3S/c1-10-6-7-13(20-9-11-8-19-11)17-15(10)16(18)12-4-2-3-5-14(12)21-17/h2-7,11H,8-9H2,1H3. The molecule has 1 aliphatic heterocycles. The van der Waals surface area contributed by atoms with E-state index in [1.54, 1.807) is 11.3 Å². The fraction of sp³-hybridized carbons (Fsp3) is 0.235. The smallest absolute Gasteiger partial charge is 0.196 e. The van der Waals surface area contributed by atoms with Crippen LogP contribution in [0.15, 0.2) is 41.2 Å². The molecule has 1 saturated heterocycles. The third-order valence-corrected chi connectivity index (χ3v) is 4.91. The molecule has 0 N–H and O–H groups in total. The van der Waals surface area contributed by atoms with E-state index < -0.39 is 0 Å². The van der Waals surface area contributed by atoms with Crippen LogP contribution >= 0.6 is 11.3 Å². The Morgan fingerprint density at radius 1 is 1.29 bits per heavy atom. The van der Waals surface area contributed by atoms with E-state index >= 15 is 0 Å². The zero-order chi connectivity index (χ0) is 14.4. The highest BCUT2D eigenvalue weighted by atomic mass is 32.1. The van der Waals surface area contributed by atoms with Crippen molar-refractivity contribution in [2.75, 3.05) is 13.2 Å². The molecule has 2 heterocycles. The van der Waals surface area contributed by atoms with Gasteiger partial charge in [-0.3, -0.25) is 4.79 Å². The summed E-state index contributed by atoms with van der Waals surface area (Å²) in [6, 6.07) is 11.6. The Morgan fingerprint density at radius 3 is 2.90 bits per heavy atom. The van der Waals surface area contributed by atoms with Crippen molar-refractivity contribution >= 4 is 31.5 Å². The van der Waals surface area contributed by atoms with Gasteiger partial charge in [-0.25, -0.2) is 0 Å². The van der Waals surface area contributed by atoms with E-state index in [0.29, 0.717) is 6.61 Å². The molecular formula is C17H14O3S. The molecule has 1 aliphatic rings. The highest BCUT2D eigenvalue weighted by Gasteiger charge is 2.23. The van der Waals surface area contributed by atoms with E-state index in [-0.39, 0.29) is 11.5 Å². The number of hydrogen-bond donors (Lipinski definition) is 0. The third kappa shape index (κ3) is 2.20. The molecule has 1 atom stereocenters. The molecule has 0 saturated carbocycles. The SMILES string of the molecule is Cc1ccc(OCC2CO2)c2sc3ccccc3c(=O)c12. The topological polar surface area (TPSA) is 38.8 Å². The summed E-state index contributed by atoms with van der Waals surface area (Å²) in [6.45, 7) is 3.29. The average Bonchev–Trinajstić information content (AvgIpc) is 3.31. The van der Waals surface area contributed by atoms with Crippen LogP contribution in [0.3, 0.4) is 0 Å². The predicted octanol–water partition coefficient (Wildman–Crippen LogP) is 3.50. The molecule has 0 bridgehead atoms. The van der Waals surface area contributed by atoms with Crippen LogP contribution in [0.5, 0.6) is 5.75 Å². The Labute approximate surface area is 125 Å². The van der Waals surface area contributed by atoms with Crippen molar-refractivity contribution in [1.82, 2.24) is 0 Å². The van der Waals surface area contributed by atoms with Crippen LogP contribution < -0.4 is 10.2 Å². The zero-order valence-corrected chi connectivity index (χ0v) is 12.4. The van der Waals surface area contributed by atoms with Crippen LogP contribution in [0.4, 0.5) is 0 Å². The zero-order valence-electron chi connectivity index (χ0n) is 11.6. The molecular weight excluding hydrogens is 284 g/mol. The molecule has 1 unspecified atom stereocenters. The first kappa shape index (κ1) is 12.8. The summed E-state index contributed by atoms with van der Waals surface area (Å²) in [5.74, 6) is 0.777. The molecule has 0 amide bonds. The molecule has 0 aliphatic carbocycles. The summed E-state index contributed by atoms with van der Waals surface area (Å²) in [4.78, 5) is 12.7. The van der Waals surface area contributed by atoms with Crippen LogP contribution in [0.25, 0.3) is 20.2 Å². The largest absolute Gasteiger partial charge is 0.489 e. The highest BCUT2D eigenvalue weighted by Crippen LogP contribution is 2.34. The lowest BCUT2D eigenvalue weighted by atomic mass is 10.1. The van der Waals surface area contributed by atoms with E-state index in [1.165, 1.54) is 0 Å². The quantitative estimate of drug-likeness (QED) is 0.549. The molecule has 21 heavy (non-hydrogen) atoms. The molecule has 1 aromatic heterocycles. The lowest BCUT2D eigenvalue weighted by Crippen LogP contribution is -2.07. The van der Waals surface area contributed by atoms with Crippen molar-refractivity contribution in [2.24, 2.45) is 0 Å². The predicted molar refractivity (Wildman–Crippen MR) is 85.6 cm³/mol. The van der Waals surface area contributed by atoms with E-state index in [0.717, 1.165) is 38.1 Å². The highest BCUT2D eigenvalue weighted by molar-refractivity contribution is 7.24. The number of fused-ring (bicyclic) bond motifs is 2. The number of ether oxygens (including phenoxy) is 2. The van der Waals surface area contributed by atoms with Gasteiger partial charge < -0.3 is 9.47 Å². The molecule has 106 valence electrons. The Morgan fingerprint density at radius 2 is 2.10 bits per heavy atom. The third-order valence-electron chi connectivity index (χ3n) is 3.73. The maximum atomic E-state index is 12.7. The van der Waals surface area contributed by atoms with Gasteiger partial charge in [-0.05, 0) is 30.7 Å². The van der Waals surface area contributed by atoms with Crippen molar-refractivity contribution < 1.29 is 9.47 Å². The number of aryl methyl sites for hydroxylation is 1. The fourth-order valence-electron chi connectivity index (χ4n) is 2.49. The van der Waals surface area contributed by atoms with Gasteiger partial charge in [0, 0.05) is 15.5 Å². The minimum atomic E-state index is 0.0879.